The number of ether oxygens (including phenoxy) is 1. The predicted molar refractivity (Wildman–Crippen MR) is 42.7 cm³/mol. The van der Waals surface area contributed by atoms with Crippen molar-refractivity contribution in [3.05, 3.63) is 17.3 Å². The zero-order valence-electron chi connectivity index (χ0n) is 7.50. The smallest absolute Gasteiger partial charge is 0.506 e. The monoisotopic (exact) mass is 221 g/mol. The second-order valence-electron chi connectivity index (χ2n) is 2.65. The maximum absolute atomic E-state index is 11.8. The lowest BCUT2D eigenvalue weighted by molar-refractivity contribution is -0.276. The average Bonchev–Trinajstić information content (AvgIpc) is 2.09. The second kappa shape index (κ2) is 3.76. The first-order chi connectivity index (χ1) is 6.85. The van der Waals surface area contributed by atoms with Gasteiger partial charge >= 0.3 is 6.36 Å². The van der Waals surface area contributed by atoms with E-state index in [1.165, 1.54) is 6.92 Å². The van der Waals surface area contributed by atoms with Crippen LogP contribution < -0.4 is 4.74 Å². The number of nitrogens with zero attached hydrogens (tertiary/aromatic N) is 1. The molecule has 0 saturated heterocycles. The molecule has 0 atom stereocenters. The highest BCUT2D eigenvalue weighted by molar-refractivity contribution is 5.81. The van der Waals surface area contributed by atoms with Gasteiger partial charge in [0, 0.05) is 5.56 Å². The summed E-state index contributed by atoms with van der Waals surface area (Å²) in [6.45, 7) is 1.19. The highest BCUT2D eigenvalue weighted by Crippen LogP contribution is 2.28. The lowest BCUT2D eigenvalue weighted by atomic mass is 10.1. The number of halogens is 3. The minimum atomic E-state index is -4.88. The zero-order valence-corrected chi connectivity index (χ0v) is 7.50. The fourth-order valence-corrected chi connectivity index (χ4v) is 0.955. The van der Waals surface area contributed by atoms with Crippen LogP contribution in [-0.4, -0.2) is 22.7 Å². The minimum absolute atomic E-state index is 0.165. The predicted octanol–water partition coefficient (Wildman–Crippen LogP) is 1.81. The first-order valence-electron chi connectivity index (χ1n) is 3.74. The van der Waals surface area contributed by atoms with E-state index in [-0.39, 0.29) is 17.4 Å². The molecule has 0 unspecified atom stereocenters. The van der Waals surface area contributed by atoms with Crippen LogP contribution in [-0.2, 0) is 0 Å². The van der Waals surface area contributed by atoms with E-state index < -0.39 is 18.0 Å². The van der Waals surface area contributed by atoms with Crippen molar-refractivity contribution in [1.82, 2.24) is 4.98 Å². The summed E-state index contributed by atoms with van der Waals surface area (Å²) in [6, 6.07) is 0. The van der Waals surface area contributed by atoms with E-state index in [0.29, 0.717) is 0 Å². The van der Waals surface area contributed by atoms with Crippen LogP contribution in [0.3, 0.4) is 0 Å². The molecule has 82 valence electrons. The molecular formula is C8H6F3NO3. The summed E-state index contributed by atoms with van der Waals surface area (Å²) in [5.41, 5.74) is -0.438. The SMILES string of the molecule is Cc1c(OC(F)(F)F)ncc(O)c1C=O. The molecule has 1 rings (SSSR count). The van der Waals surface area contributed by atoms with E-state index in [2.05, 4.69) is 9.72 Å². The Morgan fingerprint density at radius 1 is 1.53 bits per heavy atom. The maximum atomic E-state index is 11.8. The van der Waals surface area contributed by atoms with Crippen molar-refractivity contribution in [1.29, 1.82) is 0 Å². The summed E-state index contributed by atoms with van der Waals surface area (Å²) >= 11 is 0. The molecule has 0 amide bonds. The van der Waals surface area contributed by atoms with Crippen LogP contribution in [0.2, 0.25) is 0 Å². The molecule has 0 fully saturated rings. The fraction of sp³-hybridized carbons (Fsp3) is 0.250. The number of carbonyl (C=O) groups is 1. The molecule has 0 bridgehead atoms. The van der Waals surface area contributed by atoms with E-state index in [9.17, 15) is 18.0 Å². The Kier molecular flexibility index (Phi) is 2.83. The van der Waals surface area contributed by atoms with Gasteiger partial charge < -0.3 is 9.84 Å². The summed E-state index contributed by atoms with van der Waals surface area (Å²) in [5.74, 6) is -1.24. The lowest BCUT2D eigenvalue weighted by Gasteiger charge is -2.11. The number of aromatic nitrogens is 1. The van der Waals surface area contributed by atoms with E-state index in [1.807, 2.05) is 0 Å². The number of pyridine rings is 1. The van der Waals surface area contributed by atoms with Gasteiger partial charge in [-0.3, -0.25) is 4.79 Å². The Hall–Kier alpha value is -1.79. The van der Waals surface area contributed by atoms with Crippen molar-refractivity contribution in [3.8, 4) is 11.6 Å². The van der Waals surface area contributed by atoms with Gasteiger partial charge in [-0.25, -0.2) is 4.98 Å². The maximum Gasteiger partial charge on any atom is 0.574 e. The molecule has 0 spiro atoms. The van der Waals surface area contributed by atoms with E-state index >= 15 is 0 Å². The van der Waals surface area contributed by atoms with Gasteiger partial charge in [-0.2, -0.15) is 0 Å². The molecule has 15 heavy (non-hydrogen) atoms. The standard InChI is InChI=1S/C8H6F3NO3/c1-4-5(3-13)6(14)2-12-7(4)15-8(9,10)11/h2-3,14H,1H3. The largest absolute Gasteiger partial charge is 0.574 e. The normalized spacial score (nSPS) is 11.2. The topological polar surface area (TPSA) is 59.4 Å². The summed E-state index contributed by atoms with van der Waals surface area (Å²) in [7, 11) is 0. The van der Waals surface area contributed by atoms with Crippen molar-refractivity contribution in [2.24, 2.45) is 0 Å². The van der Waals surface area contributed by atoms with E-state index in [0.717, 1.165) is 6.20 Å². The van der Waals surface area contributed by atoms with Gasteiger partial charge in [0.2, 0.25) is 5.88 Å². The third-order valence-corrected chi connectivity index (χ3v) is 1.64. The fourth-order valence-electron chi connectivity index (χ4n) is 0.955. The van der Waals surface area contributed by atoms with Gasteiger partial charge in [-0.05, 0) is 6.92 Å². The molecule has 0 aromatic carbocycles. The van der Waals surface area contributed by atoms with Crippen LogP contribution >= 0.6 is 0 Å². The summed E-state index contributed by atoms with van der Waals surface area (Å²) < 4.78 is 39.1. The Labute approximate surface area is 82.3 Å². The molecule has 0 radical (unpaired) electrons. The number of aldehydes is 1. The van der Waals surface area contributed by atoms with Gasteiger partial charge in [-0.15, -0.1) is 13.2 Å². The molecule has 4 nitrogen and oxygen atoms in total. The number of rotatable bonds is 2. The highest BCUT2D eigenvalue weighted by atomic mass is 19.4. The van der Waals surface area contributed by atoms with Gasteiger partial charge in [0.1, 0.15) is 5.75 Å². The van der Waals surface area contributed by atoms with Gasteiger partial charge in [0.25, 0.3) is 0 Å². The van der Waals surface area contributed by atoms with Crippen molar-refractivity contribution in [3.63, 3.8) is 0 Å². The first kappa shape index (κ1) is 11.3. The summed E-state index contributed by atoms with van der Waals surface area (Å²) in [4.78, 5) is 13.7. The molecule has 0 aliphatic rings. The molecule has 0 aliphatic heterocycles. The molecule has 1 N–H and O–H groups in total. The summed E-state index contributed by atoms with van der Waals surface area (Å²) in [5, 5.41) is 9.08. The van der Waals surface area contributed by atoms with Crippen LogP contribution in [0.1, 0.15) is 15.9 Å². The first-order valence-corrected chi connectivity index (χ1v) is 3.74. The number of hydrogen-bond acceptors (Lipinski definition) is 4. The average molecular weight is 221 g/mol. The van der Waals surface area contributed by atoms with Crippen molar-refractivity contribution in [2.75, 3.05) is 0 Å². The Balaban J connectivity index is 3.16. The minimum Gasteiger partial charge on any atom is -0.506 e. The quantitative estimate of drug-likeness (QED) is 0.773. The van der Waals surface area contributed by atoms with Crippen LogP contribution in [0.5, 0.6) is 11.6 Å². The highest BCUT2D eigenvalue weighted by Gasteiger charge is 2.33. The molecule has 1 aromatic rings. The summed E-state index contributed by atoms with van der Waals surface area (Å²) in [6.07, 6.45) is -3.93. The van der Waals surface area contributed by atoms with Crippen molar-refractivity contribution >= 4 is 6.29 Å². The number of carbonyl (C=O) groups excluding carboxylic acids is 1. The molecule has 0 saturated carbocycles. The van der Waals surface area contributed by atoms with Crippen LogP contribution in [0, 0.1) is 6.92 Å². The second-order valence-corrected chi connectivity index (χ2v) is 2.65. The van der Waals surface area contributed by atoms with Gasteiger partial charge in [-0.1, -0.05) is 0 Å². The Morgan fingerprint density at radius 2 is 2.13 bits per heavy atom. The molecule has 0 aliphatic carbocycles. The Bertz CT molecular complexity index is 389. The number of aromatic hydroxyl groups is 1. The van der Waals surface area contributed by atoms with Gasteiger partial charge in [0.15, 0.2) is 6.29 Å². The Morgan fingerprint density at radius 3 is 2.60 bits per heavy atom. The van der Waals surface area contributed by atoms with Crippen LogP contribution in [0.4, 0.5) is 13.2 Å². The number of alkyl halides is 3. The van der Waals surface area contributed by atoms with Crippen LogP contribution in [0.15, 0.2) is 6.20 Å². The van der Waals surface area contributed by atoms with Crippen molar-refractivity contribution in [2.45, 2.75) is 13.3 Å². The molecular weight excluding hydrogens is 215 g/mol. The van der Waals surface area contributed by atoms with Crippen LogP contribution in [0.25, 0.3) is 0 Å². The molecule has 1 aromatic heterocycles. The zero-order chi connectivity index (χ0) is 11.6. The molecule has 7 heteroatoms. The van der Waals surface area contributed by atoms with E-state index in [1.54, 1.807) is 0 Å². The third-order valence-electron chi connectivity index (χ3n) is 1.64. The van der Waals surface area contributed by atoms with Crippen molar-refractivity contribution < 1.29 is 27.8 Å². The number of hydrogen-bond donors (Lipinski definition) is 1. The lowest BCUT2D eigenvalue weighted by Crippen LogP contribution is -2.19. The van der Waals surface area contributed by atoms with E-state index in [4.69, 9.17) is 5.11 Å². The third kappa shape index (κ3) is 2.58. The van der Waals surface area contributed by atoms with Gasteiger partial charge in [0.05, 0.1) is 11.8 Å². The molecule has 1 heterocycles.